The van der Waals surface area contributed by atoms with Crippen LogP contribution in [0.3, 0.4) is 0 Å². The molecule has 0 N–H and O–H groups in total. The summed E-state index contributed by atoms with van der Waals surface area (Å²) in [5, 5.41) is 0. The third-order valence-corrected chi connectivity index (χ3v) is 5.69. The Bertz CT molecular complexity index is 1180. The Morgan fingerprint density at radius 3 is 1.73 bits per heavy atom. The molecule has 1 spiro atoms. The van der Waals surface area contributed by atoms with Crippen molar-refractivity contribution in [2.24, 2.45) is 0 Å². The molecule has 0 unspecified atom stereocenters. The summed E-state index contributed by atoms with van der Waals surface area (Å²) >= 11 is 0. The molecule has 0 saturated heterocycles. The third kappa shape index (κ3) is 1.52. The van der Waals surface area contributed by atoms with Crippen molar-refractivity contribution in [2.45, 2.75) is 5.41 Å². The number of benzene rings is 4. The van der Waals surface area contributed by atoms with Crippen LogP contribution in [0.5, 0.6) is 11.5 Å². The molecule has 122 valence electrons. The number of ether oxygens (including phenoxy) is 1. The molecule has 0 amide bonds. The van der Waals surface area contributed by atoms with Gasteiger partial charge in [0.05, 0.1) is 6.79 Å². The van der Waals surface area contributed by atoms with Gasteiger partial charge in [0, 0.05) is 11.1 Å². The fraction of sp³-hybridized carbons (Fsp3) is 0.0400. The summed E-state index contributed by atoms with van der Waals surface area (Å²) in [7, 11) is 0. The molecular formula is C25H16O. The van der Waals surface area contributed by atoms with E-state index in [2.05, 4.69) is 54.6 Å². The van der Waals surface area contributed by atoms with Crippen LogP contribution in [0, 0.1) is 0 Å². The zero-order valence-corrected chi connectivity index (χ0v) is 14.1. The van der Waals surface area contributed by atoms with Gasteiger partial charge < -0.3 is 4.74 Å². The molecule has 4 aromatic carbocycles. The predicted molar refractivity (Wildman–Crippen MR) is 104 cm³/mol. The van der Waals surface area contributed by atoms with Crippen LogP contribution >= 0.6 is 0 Å². The maximum atomic E-state index is 8.17. The first kappa shape index (κ1) is 13.0. The van der Waals surface area contributed by atoms with E-state index in [0.717, 1.165) is 28.2 Å². The summed E-state index contributed by atoms with van der Waals surface area (Å²) in [5.74, 6) is 1.79. The molecule has 0 fully saturated rings. The van der Waals surface area contributed by atoms with Crippen LogP contribution < -0.4 is 4.74 Å². The van der Waals surface area contributed by atoms with Crippen molar-refractivity contribution in [2.75, 3.05) is 0 Å². The molecule has 0 bridgehead atoms. The Hall–Kier alpha value is -3.32. The lowest BCUT2D eigenvalue weighted by atomic mass is 9.66. The Labute approximate surface area is 153 Å². The van der Waals surface area contributed by atoms with Crippen LogP contribution in [-0.4, -0.2) is 0 Å². The lowest BCUT2D eigenvalue weighted by Gasteiger charge is -2.39. The van der Waals surface area contributed by atoms with Crippen LogP contribution in [0.2, 0.25) is 0 Å². The van der Waals surface area contributed by atoms with Crippen molar-refractivity contribution < 1.29 is 6.11 Å². The van der Waals surface area contributed by atoms with Crippen molar-refractivity contribution in [1.29, 1.82) is 0 Å². The van der Waals surface area contributed by atoms with E-state index in [0.29, 0.717) is 6.04 Å². The highest BCUT2D eigenvalue weighted by Gasteiger charge is 2.50. The first-order valence-corrected chi connectivity index (χ1v) is 8.88. The Kier molecular flexibility index (Phi) is 2.42. The number of hydrogen-bond donors (Lipinski definition) is 0. The van der Waals surface area contributed by atoms with Crippen molar-refractivity contribution in [3.63, 3.8) is 0 Å². The molecule has 0 atom stereocenters. The summed E-state index contributed by atoms with van der Waals surface area (Å²) < 4.78 is 14.5. The first-order valence-electron chi connectivity index (χ1n) is 9.38. The van der Waals surface area contributed by atoms with Crippen molar-refractivity contribution in [3.8, 4) is 22.6 Å². The van der Waals surface area contributed by atoms with Crippen LogP contribution in [0.1, 0.15) is 23.6 Å². The van der Waals surface area contributed by atoms with E-state index in [1.807, 2.05) is 36.4 Å². The van der Waals surface area contributed by atoms with Gasteiger partial charge in [0.15, 0.2) is 0 Å². The molecular weight excluding hydrogens is 316 g/mol. The number of rotatable bonds is 0. The minimum Gasteiger partial charge on any atom is -0.457 e. The molecule has 1 aliphatic heterocycles. The zero-order chi connectivity index (χ0) is 18.0. The molecule has 0 radical (unpaired) electrons. The van der Waals surface area contributed by atoms with Gasteiger partial charge in [0.2, 0.25) is 0 Å². The predicted octanol–water partition coefficient (Wildman–Crippen LogP) is 6.16. The van der Waals surface area contributed by atoms with Gasteiger partial charge in [0.25, 0.3) is 0 Å². The van der Waals surface area contributed by atoms with Crippen LogP contribution in [0.4, 0.5) is 0 Å². The smallest absolute Gasteiger partial charge is 0.132 e. The monoisotopic (exact) mass is 333 g/mol. The zero-order valence-electron chi connectivity index (χ0n) is 15.1. The molecule has 1 nitrogen and oxygen atoms in total. The minimum atomic E-state index is -0.412. The Morgan fingerprint density at radius 2 is 1.04 bits per heavy atom. The molecule has 2 aliphatic rings. The third-order valence-electron chi connectivity index (χ3n) is 5.69. The standard InChI is InChI=1S/C25H16O/c1-3-11-19-17(9-1)18-10-2-4-12-20(18)25(19)21-13-5-7-15-23(21)26-24-16-8-6-14-22(24)25/h1-16H/i1D. The van der Waals surface area contributed by atoms with E-state index in [1.165, 1.54) is 16.7 Å². The van der Waals surface area contributed by atoms with Crippen LogP contribution in [0.15, 0.2) is 97.0 Å². The first-order chi connectivity index (χ1) is 13.3. The summed E-state index contributed by atoms with van der Waals surface area (Å²) in [5.41, 5.74) is 6.74. The van der Waals surface area contributed by atoms with E-state index in [-0.39, 0.29) is 0 Å². The van der Waals surface area contributed by atoms with Gasteiger partial charge >= 0.3 is 0 Å². The van der Waals surface area contributed by atoms with Crippen LogP contribution in [0.25, 0.3) is 11.1 Å². The molecule has 26 heavy (non-hydrogen) atoms. The maximum Gasteiger partial charge on any atom is 0.132 e. The fourth-order valence-electron chi connectivity index (χ4n) is 4.75. The quantitative estimate of drug-likeness (QED) is 0.324. The van der Waals surface area contributed by atoms with Gasteiger partial charge in [0.1, 0.15) is 11.5 Å². The normalized spacial score (nSPS) is 15.3. The molecule has 6 rings (SSSR count). The maximum absolute atomic E-state index is 8.17. The van der Waals surface area contributed by atoms with Gasteiger partial charge in [-0.05, 0) is 34.4 Å². The summed E-state index contributed by atoms with van der Waals surface area (Å²) in [6.45, 7) is 0. The van der Waals surface area contributed by atoms with Crippen molar-refractivity contribution in [3.05, 3.63) is 119 Å². The van der Waals surface area contributed by atoms with E-state index in [9.17, 15) is 0 Å². The minimum absolute atomic E-state index is 0.412. The average molecular weight is 333 g/mol. The number of fused-ring (bicyclic) bond motifs is 9. The highest BCUT2D eigenvalue weighted by molar-refractivity contribution is 5.88. The fourth-order valence-corrected chi connectivity index (χ4v) is 4.75. The molecule has 0 aromatic heterocycles. The molecule has 1 heteroatoms. The molecule has 4 aromatic rings. The van der Waals surface area contributed by atoms with Gasteiger partial charge in [-0.3, -0.25) is 0 Å². The summed E-state index contributed by atoms with van der Waals surface area (Å²) in [6, 6.07) is 31.8. The second kappa shape index (κ2) is 4.86. The van der Waals surface area contributed by atoms with E-state index in [4.69, 9.17) is 6.11 Å². The summed E-state index contributed by atoms with van der Waals surface area (Å²) in [4.78, 5) is 0. The largest absolute Gasteiger partial charge is 0.457 e. The van der Waals surface area contributed by atoms with Crippen LogP contribution in [-0.2, 0) is 5.41 Å². The van der Waals surface area contributed by atoms with E-state index in [1.54, 1.807) is 0 Å². The van der Waals surface area contributed by atoms with Crippen molar-refractivity contribution >= 4 is 0 Å². The lowest BCUT2D eigenvalue weighted by molar-refractivity contribution is 0.436. The molecule has 1 aliphatic carbocycles. The number of hydrogen-bond acceptors (Lipinski definition) is 1. The van der Waals surface area contributed by atoms with Gasteiger partial charge in [-0.2, -0.15) is 0 Å². The van der Waals surface area contributed by atoms with Gasteiger partial charge in [-0.1, -0.05) is 84.9 Å². The second-order valence-electron chi connectivity index (χ2n) is 6.86. The van der Waals surface area contributed by atoms with E-state index >= 15 is 0 Å². The second-order valence-corrected chi connectivity index (χ2v) is 6.86. The van der Waals surface area contributed by atoms with Gasteiger partial charge in [-0.25, -0.2) is 0 Å². The average Bonchev–Trinajstić information content (AvgIpc) is 2.99. The summed E-state index contributed by atoms with van der Waals surface area (Å²) in [6.07, 6.45) is 0. The highest BCUT2D eigenvalue weighted by atomic mass is 16.5. The van der Waals surface area contributed by atoms with Gasteiger partial charge in [-0.15, -0.1) is 0 Å². The highest BCUT2D eigenvalue weighted by Crippen LogP contribution is 2.61. The van der Waals surface area contributed by atoms with Crippen molar-refractivity contribution in [1.82, 2.24) is 0 Å². The Morgan fingerprint density at radius 1 is 0.538 bits per heavy atom. The topological polar surface area (TPSA) is 9.23 Å². The molecule has 1 heterocycles. The number of para-hydroxylation sites is 2. The molecule has 0 saturated carbocycles. The SMILES string of the molecule is [2H]c1ccc2c(c1)-c1ccccc1C21c2ccccc2Oc2ccccc21. The Balaban J connectivity index is 1.86. The van der Waals surface area contributed by atoms with E-state index < -0.39 is 5.41 Å². The lowest BCUT2D eigenvalue weighted by Crippen LogP contribution is -2.32.